The number of rotatable bonds is 6. The van der Waals surface area contributed by atoms with Crippen molar-refractivity contribution in [2.75, 3.05) is 26.2 Å². The lowest BCUT2D eigenvalue weighted by Gasteiger charge is -2.34. The smallest absolute Gasteiger partial charge is 0.226 e. The molecule has 0 aliphatic carbocycles. The molecular formula is C16H22N4O2S. The number of carbonyl (C=O) groups is 1. The van der Waals surface area contributed by atoms with Gasteiger partial charge in [-0.25, -0.2) is 0 Å². The highest BCUT2D eigenvalue weighted by atomic mass is 32.1. The lowest BCUT2D eigenvalue weighted by Crippen LogP contribution is -2.48. The number of thiophene rings is 1. The van der Waals surface area contributed by atoms with Crippen molar-refractivity contribution in [1.82, 2.24) is 19.9 Å². The van der Waals surface area contributed by atoms with Crippen LogP contribution in [-0.2, 0) is 24.2 Å². The summed E-state index contributed by atoms with van der Waals surface area (Å²) in [5, 5.41) is 6.04. The molecule has 6 nitrogen and oxygen atoms in total. The van der Waals surface area contributed by atoms with Crippen molar-refractivity contribution in [3.05, 3.63) is 34.1 Å². The maximum atomic E-state index is 12.3. The van der Waals surface area contributed by atoms with Gasteiger partial charge in [-0.15, -0.1) is 11.3 Å². The van der Waals surface area contributed by atoms with E-state index in [0.717, 1.165) is 44.8 Å². The summed E-state index contributed by atoms with van der Waals surface area (Å²) < 4.78 is 5.13. The Morgan fingerprint density at radius 2 is 2.17 bits per heavy atom. The van der Waals surface area contributed by atoms with Crippen molar-refractivity contribution < 1.29 is 9.32 Å². The summed E-state index contributed by atoms with van der Waals surface area (Å²) in [6.07, 6.45) is 2.21. The van der Waals surface area contributed by atoms with Crippen molar-refractivity contribution >= 4 is 17.2 Å². The largest absolute Gasteiger partial charge is 0.340 e. The van der Waals surface area contributed by atoms with Crippen LogP contribution in [0.5, 0.6) is 0 Å². The number of hydrogen-bond donors (Lipinski definition) is 0. The molecular weight excluding hydrogens is 312 g/mol. The van der Waals surface area contributed by atoms with Crippen LogP contribution in [0, 0.1) is 0 Å². The zero-order valence-electron chi connectivity index (χ0n) is 13.4. The minimum Gasteiger partial charge on any atom is -0.340 e. The number of nitrogens with zero attached hydrogens (tertiary/aromatic N) is 4. The molecule has 0 bridgehead atoms. The second-order valence-corrected chi connectivity index (χ2v) is 6.73. The highest BCUT2D eigenvalue weighted by Crippen LogP contribution is 2.13. The van der Waals surface area contributed by atoms with E-state index in [1.807, 2.05) is 17.9 Å². The molecule has 3 heterocycles. The van der Waals surface area contributed by atoms with E-state index in [-0.39, 0.29) is 5.91 Å². The first-order valence-electron chi connectivity index (χ1n) is 8.08. The zero-order chi connectivity index (χ0) is 16.1. The molecule has 1 saturated heterocycles. The van der Waals surface area contributed by atoms with Crippen LogP contribution in [-0.4, -0.2) is 52.0 Å². The minimum atomic E-state index is 0.255. The standard InChI is InChI=1S/C16H22N4O2S/c1-2-15-17-14(18-22-15)12-19-7-9-20(10-8-19)16(21)6-5-13-4-3-11-23-13/h3-4,11H,2,5-10,12H2,1H3. The van der Waals surface area contributed by atoms with Gasteiger partial charge in [-0.3, -0.25) is 9.69 Å². The van der Waals surface area contributed by atoms with E-state index >= 15 is 0 Å². The number of aryl methyl sites for hydroxylation is 2. The van der Waals surface area contributed by atoms with Gasteiger partial charge in [0.2, 0.25) is 11.8 Å². The SMILES string of the molecule is CCc1nc(CN2CCN(C(=O)CCc3cccs3)CC2)no1. The van der Waals surface area contributed by atoms with Crippen molar-refractivity contribution in [1.29, 1.82) is 0 Å². The second kappa shape index (κ2) is 7.70. The highest BCUT2D eigenvalue weighted by Gasteiger charge is 2.22. The van der Waals surface area contributed by atoms with E-state index in [1.54, 1.807) is 11.3 Å². The van der Waals surface area contributed by atoms with E-state index in [9.17, 15) is 4.79 Å². The van der Waals surface area contributed by atoms with Gasteiger partial charge in [0.05, 0.1) is 6.54 Å². The first kappa shape index (κ1) is 16.1. The molecule has 3 rings (SSSR count). The number of hydrogen-bond acceptors (Lipinski definition) is 6. The van der Waals surface area contributed by atoms with Gasteiger partial charge in [0.25, 0.3) is 0 Å². The summed E-state index contributed by atoms with van der Waals surface area (Å²) in [4.78, 5) is 22.1. The van der Waals surface area contributed by atoms with Gasteiger partial charge in [0.15, 0.2) is 5.82 Å². The molecule has 0 N–H and O–H groups in total. The van der Waals surface area contributed by atoms with Gasteiger partial charge < -0.3 is 9.42 Å². The summed E-state index contributed by atoms with van der Waals surface area (Å²) in [6, 6.07) is 4.12. The third-order valence-corrected chi connectivity index (χ3v) is 5.00. The Morgan fingerprint density at radius 1 is 1.35 bits per heavy atom. The number of carbonyl (C=O) groups excluding carboxylic acids is 1. The van der Waals surface area contributed by atoms with Crippen LogP contribution in [0.2, 0.25) is 0 Å². The van der Waals surface area contributed by atoms with Crippen molar-refractivity contribution in [3.8, 4) is 0 Å². The molecule has 1 amide bonds. The summed E-state index contributed by atoms with van der Waals surface area (Å²) >= 11 is 1.72. The molecule has 2 aromatic rings. The number of aromatic nitrogens is 2. The second-order valence-electron chi connectivity index (χ2n) is 5.69. The molecule has 124 valence electrons. The lowest BCUT2D eigenvalue weighted by molar-refractivity contribution is -0.133. The van der Waals surface area contributed by atoms with Gasteiger partial charge >= 0.3 is 0 Å². The molecule has 0 unspecified atom stereocenters. The van der Waals surface area contributed by atoms with Crippen molar-refractivity contribution in [3.63, 3.8) is 0 Å². The maximum Gasteiger partial charge on any atom is 0.226 e. The van der Waals surface area contributed by atoms with Crippen molar-refractivity contribution in [2.45, 2.75) is 32.7 Å². The molecule has 1 fully saturated rings. The first-order chi connectivity index (χ1) is 11.2. The molecule has 23 heavy (non-hydrogen) atoms. The first-order valence-corrected chi connectivity index (χ1v) is 8.96. The fraction of sp³-hybridized carbons (Fsp3) is 0.562. The van der Waals surface area contributed by atoms with Gasteiger partial charge in [-0.05, 0) is 17.9 Å². The van der Waals surface area contributed by atoms with Gasteiger partial charge in [0.1, 0.15) is 0 Å². The maximum absolute atomic E-state index is 12.3. The summed E-state index contributed by atoms with van der Waals surface area (Å²) in [7, 11) is 0. The Morgan fingerprint density at radius 3 is 2.83 bits per heavy atom. The fourth-order valence-electron chi connectivity index (χ4n) is 2.70. The molecule has 7 heteroatoms. The van der Waals surface area contributed by atoms with Crippen molar-refractivity contribution in [2.24, 2.45) is 0 Å². The molecule has 1 aliphatic rings. The van der Waals surface area contributed by atoms with E-state index in [1.165, 1.54) is 4.88 Å². The number of amides is 1. The quantitative estimate of drug-likeness (QED) is 0.808. The Balaban J connectivity index is 1.41. The molecule has 0 aromatic carbocycles. The fourth-order valence-corrected chi connectivity index (χ4v) is 3.41. The Hall–Kier alpha value is -1.73. The molecule has 0 spiro atoms. The minimum absolute atomic E-state index is 0.255. The van der Waals surface area contributed by atoms with Crippen LogP contribution in [0.4, 0.5) is 0 Å². The van der Waals surface area contributed by atoms with Crippen LogP contribution in [0.3, 0.4) is 0 Å². The Labute approximate surface area is 140 Å². The highest BCUT2D eigenvalue weighted by molar-refractivity contribution is 7.09. The average Bonchev–Trinajstić information content (AvgIpc) is 3.25. The van der Waals surface area contributed by atoms with Gasteiger partial charge in [-0.2, -0.15) is 4.98 Å². The number of piperazine rings is 1. The molecule has 0 atom stereocenters. The molecule has 0 radical (unpaired) electrons. The van der Waals surface area contributed by atoms with E-state index in [0.29, 0.717) is 18.9 Å². The monoisotopic (exact) mass is 334 g/mol. The summed E-state index contributed by atoms with van der Waals surface area (Å²) in [5.74, 6) is 1.67. The predicted octanol–water partition coefficient (Wildman–Crippen LogP) is 1.97. The zero-order valence-corrected chi connectivity index (χ0v) is 14.2. The van der Waals surface area contributed by atoms with Crippen LogP contribution >= 0.6 is 11.3 Å². The Bertz CT molecular complexity index is 618. The lowest BCUT2D eigenvalue weighted by atomic mass is 10.2. The predicted molar refractivity (Wildman–Crippen MR) is 88.2 cm³/mol. The van der Waals surface area contributed by atoms with E-state index < -0.39 is 0 Å². The Kier molecular flexibility index (Phi) is 5.40. The van der Waals surface area contributed by atoms with Crippen LogP contribution < -0.4 is 0 Å². The summed E-state index contributed by atoms with van der Waals surface area (Å²) in [5.41, 5.74) is 0. The average molecular weight is 334 g/mol. The van der Waals surface area contributed by atoms with Gasteiger partial charge in [-0.1, -0.05) is 18.1 Å². The molecule has 2 aromatic heterocycles. The molecule has 0 saturated carbocycles. The van der Waals surface area contributed by atoms with Crippen LogP contribution in [0.25, 0.3) is 0 Å². The topological polar surface area (TPSA) is 62.5 Å². The molecule has 1 aliphatic heterocycles. The van der Waals surface area contributed by atoms with Gasteiger partial charge in [0, 0.05) is 43.9 Å². The normalized spacial score (nSPS) is 16.0. The van der Waals surface area contributed by atoms with Crippen LogP contribution in [0.15, 0.2) is 22.0 Å². The summed E-state index contributed by atoms with van der Waals surface area (Å²) in [6.45, 7) is 5.98. The van der Waals surface area contributed by atoms with Crippen LogP contribution in [0.1, 0.15) is 29.9 Å². The van der Waals surface area contributed by atoms with E-state index in [2.05, 4.69) is 26.5 Å². The third kappa shape index (κ3) is 4.39. The van der Waals surface area contributed by atoms with E-state index in [4.69, 9.17) is 4.52 Å². The third-order valence-electron chi connectivity index (χ3n) is 4.07.